The summed E-state index contributed by atoms with van der Waals surface area (Å²) in [5.41, 5.74) is 5.86. The molecule has 1 rings (SSSR count). The van der Waals surface area contributed by atoms with E-state index in [0.717, 1.165) is 4.47 Å². The summed E-state index contributed by atoms with van der Waals surface area (Å²) >= 11 is 9.15. The molecule has 82 valence electrons. The standard InChI is InChI=1S/C9H10BrClN2O2/c10-5-1-2-6(11)7(3-5)13-8(4-12)9(14)15/h1-3,8,13H,4,12H2,(H,14,15). The highest BCUT2D eigenvalue weighted by Gasteiger charge is 2.16. The highest BCUT2D eigenvalue weighted by molar-refractivity contribution is 9.10. The maximum atomic E-state index is 10.7. The molecule has 4 nitrogen and oxygen atoms in total. The Hall–Kier alpha value is -0.780. The van der Waals surface area contributed by atoms with Crippen LogP contribution in [-0.4, -0.2) is 23.7 Å². The van der Waals surface area contributed by atoms with Crippen LogP contribution >= 0.6 is 27.5 Å². The van der Waals surface area contributed by atoms with E-state index in [2.05, 4.69) is 21.2 Å². The van der Waals surface area contributed by atoms with Gasteiger partial charge < -0.3 is 16.2 Å². The van der Waals surface area contributed by atoms with E-state index in [1.165, 1.54) is 0 Å². The smallest absolute Gasteiger partial charge is 0.327 e. The molecule has 4 N–H and O–H groups in total. The molecule has 0 aliphatic heterocycles. The van der Waals surface area contributed by atoms with Crippen molar-refractivity contribution in [2.24, 2.45) is 5.73 Å². The van der Waals surface area contributed by atoms with E-state index in [9.17, 15) is 4.79 Å². The minimum absolute atomic E-state index is 0.00181. The molecule has 0 amide bonds. The number of carboxylic acid groups (broad SMARTS) is 1. The highest BCUT2D eigenvalue weighted by atomic mass is 79.9. The van der Waals surface area contributed by atoms with Gasteiger partial charge >= 0.3 is 5.97 Å². The van der Waals surface area contributed by atoms with Gasteiger partial charge in [-0.15, -0.1) is 0 Å². The third kappa shape index (κ3) is 3.37. The first-order chi connectivity index (χ1) is 7.04. The van der Waals surface area contributed by atoms with E-state index in [1.807, 2.05) is 0 Å². The zero-order valence-electron chi connectivity index (χ0n) is 7.71. The largest absolute Gasteiger partial charge is 0.480 e. The van der Waals surface area contributed by atoms with Crippen LogP contribution in [0.1, 0.15) is 0 Å². The van der Waals surface area contributed by atoms with Crippen LogP contribution in [0.2, 0.25) is 5.02 Å². The Bertz CT molecular complexity index is 373. The number of benzene rings is 1. The van der Waals surface area contributed by atoms with Gasteiger partial charge in [-0.25, -0.2) is 4.79 Å². The molecule has 0 saturated heterocycles. The zero-order chi connectivity index (χ0) is 11.4. The first-order valence-electron chi connectivity index (χ1n) is 4.19. The molecule has 0 aliphatic rings. The summed E-state index contributed by atoms with van der Waals surface area (Å²) in [7, 11) is 0. The molecule has 0 aliphatic carbocycles. The Morgan fingerprint density at radius 1 is 1.67 bits per heavy atom. The lowest BCUT2D eigenvalue weighted by Crippen LogP contribution is -2.36. The summed E-state index contributed by atoms with van der Waals surface area (Å²) < 4.78 is 0.815. The summed E-state index contributed by atoms with van der Waals surface area (Å²) in [4.78, 5) is 10.7. The van der Waals surface area contributed by atoms with Crippen molar-refractivity contribution in [2.45, 2.75) is 6.04 Å². The lowest BCUT2D eigenvalue weighted by molar-refractivity contribution is -0.137. The minimum atomic E-state index is -1.01. The second-order valence-electron chi connectivity index (χ2n) is 2.90. The average molecular weight is 294 g/mol. The monoisotopic (exact) mass is 292 g/mol. The van der Waals surface area contributed by atoms with Crippen molar-refractivity contribution in [3.63, 3.8) is 0 Å². The van der Waals surface area contributed by atoms with Crippen molar-refractivity contribution in [1.29, 1.82) is 0 Å². The predicted octanol–water partition coefficient (Wildman–Crippen LogP) is 1.93. The quantitative estimate of drug-likeness (QED) is 0.793. The predicted molar refractivity (Wildman–Crippen MR) is 63.3 cm³/mol. The fraction of sp³-hybridized carbons (Fsp3) is 0.222. The van der Waals surface area contributed by atoms with Crippen molar-refractivity contribution < 1.29 is 9.90 Å². The molecule has 0 spiro atoms. The number of nitrogens with two attached hydrogens (primary N) is 1. The van der Waals surface area contributed by atoms with Crippen molar-refractivity contribution in [1.82, 2.24) is 0 Å². The normalized spacial score (nSPS) is 12.2. The van der Waals surface area contributed by atoms with E-state index in [4.69, 9.17) is 22.4 Å². The number of nitrogens with one attached hydrogen (secondary N) is 1. The van der Waals surface area contributed by atoms with Crippen LogP contribution in [0.25, 0.3) is 0 Å². The molecular formula is C9H10BrClN2O2. The lowest BCUT2D eigenvalue weighted by Gasteiger charge is -2.14. The van der Waals surface area contributed by atoms with Gasteiger partial charge in [-0.2, -0.15) is 0 Å². The zero-order valence-corrected chi connectivity index (χ0v) is 10.0. The van der Waals surface area contributed by atoms with Gasteiger partial charge in [-0.3, -0.25) is 0 Å². The molecule has 0 radical (unpaired) electrons. The number of halogens is 2. The summed E-state index contributed by atoms with van der Waals surface area (Å²) in [5.74, 6) is -1.01. The molecule has 6 heteroatoms. The molecule has 0 fully saturated rings. The fourth-order valence-electron chi connectivity index (χ4n) is 1.02. The van der Waals surface area contributed by atoms with E-state index in [1.54, 1.807) is 18.2 Å². The number of aliphatic carboxylic acids is 1. The van der Waals surface area contributed by atoms with Gasteiger partial charge in [0.25, 0.3) is 0 Å². The molecule has 1 aromatic carbocycles. The van der Waals surface area contributed by atoms with Gasteiger partial charge in [0, 0.05) is 11.0 Å². The first kappa shape index (κ1) is 12.3. The van der Waals surface area contributed by atoms with Crippen molar-refractivity contribution in [3.05, 3.63) is 27.7 Å². The van der Waals surface area contributed by atoms with Gasteiger partial charge in [-0.1, -0.05) is 27.5 Å². The van der Waals surface area contributed by atoms with E-state index >= 15 is 0 Å². The van der Waals surface area contributed by atoms with Crippen molar-refractivity contribution >= 4 is 39.2 Å². The summed E-state index contributed by atoms with van der Waals surface area (Å²) in [6.07, 6.45) is 0. The summed E-state index contributed by atoms with van der Waals surface area (Å²) in [6, 6.07) is 4.31. The molecule has 1 aromatic rings. The molecule has 0 bridgehead atoms. The van der Waals surface area contributed by atoms with Crippen LogP contribution in [0.4, 0.5) is 5.69 Å². The fourth-order valence-corrected chi connectivity index (χ4v) is 1.55. The van der Waals surface area contributed by atoms with Gasteiger partial charge in [0.05, 0.1) is 10.7 Å². The molecule has 0 aromatic heterocycles. The van der Waals surface area contributed by atoms with Gasteiger partial charge in [-0.05, 0) is 18.2 Å². The van der Waals surface area contributed by atoms with Crippen LogP contribution in [0.3, 0.4) is 0 Å². The molecule has 15 heavy (non-hydrogen) atoms. The van der Waals surface area contributed by atoms with Crippen LogP contribution in [0.15, 0.2) is 22.7 Å². The van der Waals surface area contributed by atoms with E-state index in [-0.39, 0.29) is 6.54 Å². The third-order valence-corrected chi connectivity index (χ3v) is 2.61. The molecule has 1 unspecified atom stereocenters. The van der Waals surface area contributed by atoms with Gasteiger partial charge in [0.1, 0.15) is 6.04 Å². The maximum absolute atomic E-state index is 10.7. The number of carboxylic acids is 1. The Kier molecular flexibility index (Phi) is 4.38. The molecule has 0 saturated carbocycles. The molecular weight excluding hydrogens is 283 g/mol. The number of rotatable bonds is 4. The van der Waals surface area contributed by atoms with E-state index in [0.29, 0.717) is 10.7 Å². The van der Waals surface area contributed by atoms with Crippen LogP contribution in [0.5, 0.6) is 0 Å². The summed E-state index contributed by atoms with van der Waals surface area (Å²) in [5, 5.41) is 12.0. The van der Waals surface area contributed by atoms with Crippen LogP contribution in [0, 0.1) is 0 Å². The number of hydrogen-bond acceptors (Lipinski definition) is 3. The highest BCUT2D eigenvalue weighted by Crippen LogP contribution is 2.26. The Labute approximate surface area is 101 Å². The SMILES string of the molecule is NCC(Nc1cc(Br)ccc1Cl)C(=O)O. The minimum Gasteiger partial charge on any atom is -0.480 e. The second kappa shape index (κ2) is 5.34. The molecule has 0 heterocycles. The van der Waals surface area contributed by atoms with Crippen molar-refractivity contribution in [2.75, 3.05) is 11.9 Å². The maximum Gasteiger partial charge on any atom is 0.327 e. The Morgan fingerprint density at radius 2 is 2.33 bits per heavy atom. The first-order valence-corrected chi connectivity index (χ1v) is 5.36. The third-order valence-electron chi connectivity index (χ3n) is 1.79. The van der Waals surface area contributed by atoms with Crippen LogP contribution < -0.4 is 11.1 Å². The Morgan fingerprint density at radius 3 is 2.87 bits per heavy atom. The van der Waals surface area contributed by atoms with Crippen molar-refractivity contribution in [3.8, 4) is 0 Å². The number of anilines is 1. The number of carbonyl (C=O) groups is 1. The summed E-state index contributed by atoms with van der Waals surface area (Å²) in [6.45, 7) is -0.00181. The Balaban J connectivity index is 2.87. The molecule has 1 atom stereocenters. The van der Waals surface area contributed by atoms with Gasteiger partial charge in [0.2, 0.25) is 0 Å². The van der Waals surface area contributed by atoms with E-state index < -0.39 is 12.0 Å². The van der Waals surface area contributed by atoms with Crippen LogP contribution in [-0.2, 0) is 4.79 Å². The second-order valence-corrected chi connectivity index (χ2v) is 4.22. The van der Waals surface area contributed by atoms with Gasteiger partial charge in [0.15, 0.2) is 0 Å². The number of hydrogen-bond donors (Lipinski definition) is 3. The average Bonchev–Trinajstić information content (AvgIpc) is 2.18. The topological polar surface area (TPSA) is 75.3 Å². The lowest BCUT2D eigenvalue weighted by atomic mass is 10.2.